The molecule has 4 rings (SSSR count). The van der Waals surface area contributed by atoms with Crippen LogP contribution in [-0.2, 0) is 10.5 Å². The maximum Gasteiger partial charge on any atom is 0.401 e. The number of hydrogen-bond acceptors (Lipinski definition) is 8. The predicted octanol–water partition coefficient (Wildman–Crippen LogP) is 3.81. The molecule has 43 heavy (non-hydrogen) atoms. The number of carbonyl (C=O) groups is 3. The average Bonchev–Trinajstić information content (AvgIpc) is 3.52. The third-order valence-electron chi connectivity index (χ3n) is 6.78. The molecule has 224 valence electrons. The van der Waals surface area contributed by atoms with Crippen molar-refractivity contribution in [1.82, 2.24) is 19.6 Å². The van der Waals surface area contributed by atoms with E-state index in [1.165, 1.54) is 33.3 Å². The van der Waals surface area contributed by atoms with Crippen molar-refractivity contribution >= 4 is 35.4 Å². The van der Waals surface area contributed by atoms with E-state index in [9.17, 15) is 32.8 Å². The number of nitrogens with two attached hydrogens (primary N) is 1. The highest BCUT2D eigenvalue weighted by Crippen LogP contribution is 2.46. The summed E-state index contributed by atoms with van der Waals surface area (Å²) in [7, 11) is 3.94. The van der Waals surface area contributed by atoms with Crippen LogP contribution in [0.2, 0.25) is 0 Å². The van der Waals surface area contributed by atoms with Crippen LogP contribution in [0.5, 0.6) is 5.75 Å². The van der Waals surface area contributed by atoms with Gasteiger partial charge in [0.2, 0.25) is 5.91 Å². The molecule has 1 aliphatic rings. The Hall–Kier alpha value is -4.84. The van der Waals surface area contributed by atoms with Crippen LogP contribution in [0.3, 0.4) is 0 Å². The molecule has 1 fully saturated rings. The number of methoxy groups -OCH3 is 1. The molecule has 0 radical (unpaired) electrons. The van der Waals surface area contributed by atoms with Crippen molar-refractivity contribution in [2.24, 2.45) is 11.7 Å². The quantitative estimate of drug-likeness (QED) is 0.231. The van der Waals surface area contributed by atoms with E-state index < -0.39 is 48.1 Å². The summed E-state index contributed by atoms with van der Waals surface area (Å²) in [5.74, 6) is -6.45. The molecule has 0 bridgehead atoms. The van der Waals surface area contributed by atoms with Crippen LogP contribution < -0.4 is 10.5 Å². The molecule has 0 aliphatic carbocycles. The van der Waals surface area contributed by atoms with Crippen molar-refractivity contribution in [3.05, 3.63) is 76.5 Å². The van der Waals surface area contributed by atoms with Crippen molar-refractivity contribution in [3.63, 3.8) is 0 Å². The van der Waals surface area contributed by atoms with Gasteiger partial charge in [0.1, 0.15) is 34.2 Å². The number of aromatic nitrogens is 2. The number of nitrogens with one attached hydrogen (secondary N) is 1. The van der Waals surface area contributed by atoms with E-state index in [2.05, 4.69) is 5.10 Å². The lowest BCUT2D eigenvalue weighted by Gasteiger charge is -2.20. The fourth-order valence-electron chi connectivity index (χ4n) is 4.68. The Balaban J connectivity index is 1.86. The lowest BCUT2D eigenvalue weighted by molar-refractivity contribution is -0.183. The van der Waals surface area contributed by atoms with Gasteiger partial charge in [-0.2, -0.15) is 28.2 Å². The van der Waals surface area contributed by atoms with Gasteiger partial charge in [-0.1, -0.05) is 36.4 Å². The number of alkyl halides is 3. The predicted molar refractivity (Wildman–Crippen MR) is 150 cm³/mol. The Labute approximate surface area is 248 Å². The second-order valence-electron chi connectivity index (χ2n) is 9.75. The van der Waals surface area contributed by atoms with Gasteiger partial charge in [-0.3, -0.25) is 19.9 Å². The number of hydrogen-bond donors (Lipinski definition) is 2. The van der Waals surface area contributed by atoms with Crippen LogP contribution in [-0.4, -0.2) is 77.2 Å². The Bertz CT molecular complexity index is 1630. The van der Waals surface area contributed by atoms with E-state index in [0.717, 1.165) is 21.3 Å². The summed E-state index contributed by atoms with van der Waals surface area (Å²) in [5, 5.41) is 21.9. The number of para-hydroxylation sites is 1. The summed E-state index contributed by atoms with van der Waals surface area (Å²) in [5.41, 5.74) is 5.98. The summed E-state index contributed by atoms with van der Waals surface area (Å²) < 4.78 is 49.0. The molecule has 1 aromatic heterocycles. The van der Waals surface area contributed by atoms with Crippen molar-refractivity contribution in [3.8, 4) is 11.8 Å². The number of amidine groups is 1. The molecule has 1 aliphatic heterocycles. The number of imide groups is 1. The third kappa shape index (κ3) is 6.05. The molecule has 2 atom stereocenters. The number of halogens is 3. The highest BCUT2D eigenvalue weighted by Gasteiger charge is 2.59. The summed E-state index contributed by atoms with van der Waals surface area (Å²) >= 11 is 0.980. The number of nitrogens with zero attached hydrogens (tertiary/aromatic N) is 5. The zero-order valence-electron chi connectivity index (χ0n) is 23.2. The zero-order chi connectivity index (χ0) is 31.6. The molecule has 1 saturated heterocycles. The SMILES string of the molecule is COc1ccccc1C(=O)n1nc(C2CN(C(=O)N(C)C)C(=O)C2C(F)(F)F)c(C#N)c1SCc1ccc(C(=N)N)cc1. The van der Waals surface area contributed by atoms with E-state index in [1.54, 1.807) is 36.4 Å². The average molecular weight is 614 g/mol. The lowest BCUT2D eigenvalue weighted by atomic mass is 9.90. The third-order valence-corrected chi connectivity index (χ3v) is 7.91. The van der Waals surface area contributed by atoms with Crippen LogP contribution in [0.1, 0.15) is 38.7 Å². The molecular weight excluding hydrogens is 587 g/mol. The van der Waals surface area contributed by atoms with E-state index in [0.29, 0.717) is 16.0 Å². The van der Waals surface area contributed by atoms with Gasteiger partial charge in [0.05, 0.1) is 18.4 Å². The van der Waals surface area contributed by atoms with E-state index in [-0.39, 0.29) is 33.5 Å². The molecule has 15 heteroatoms. The van der Waals surface area contributed by atoms with Crippen molar-refractivity contribution in [1.29, 1.82) is 10.7 Å². The van der Waals surface area contributed by atoms with Crippen molar-refractivity contribution in [2.75, 3.05) is 27.7 Å². The number of amides is 3. The number of urea groups is 1. The second kappa shape index (κ2) is 12.2. The summed E-state index contributed by atoms with van der Waals surface area (Å²) in [6.45, 7) is -0.689. The molecule has 2 aromatic carbocycles. The van der Waals surface area contributed by atoms with Crippen LogP contribution in [0.4, 0.5) is 18.0 Å². The number of likely N-dealkylation sites (tertiary alicyclic amines) is 1. The highest BCUT2D eigenvalue weighted by molar-refractivity contribution is 7.98. The number of nitriles is 1. The molecule has 11 nitrogen and oxygen atoms in total. The summed E-state index contributed by atoms with van der Waals surface area (Å²) in [6, 6.07) is 13.7. The Morgan fingerprint density at radius 1 is 1.21 bits per heavy atom. The first-order valence-corrected chi connectivity index (χ1v) is 13.6. The molecule has 2 unspecified atom stereocenters. The molecule has 0 spiro atoms. The van der Waals surface area contributed by atoms with Gasteiger partial charge in [0, 0.05) is 37.9 Å². The van der Waals surface area contributed by atoms with Gasteiger partial charge in [-0.15, -0.1) is 11.8 Å². The molecule has 0 saturated carbocycles. The monoisotopic (exact) mass is 613 g/mol. The van der Waals surface area contributed by atoms with Gasteiger partial charge in [0.25, 0.3) is 5.91 Å². The first-order chi connectivity index (χ1) is 20.3. The molecule has 3 amide bonds. The minimum atomic E-state index is -5.07. The number of thioether (sulfide) groups is 1. The first-order valence-electron chi connectivity index (χ1n) is 12.7. The number of carbonyl (C=O) groups excluding carboxylic acids is 3. The maximum atomic E-state index is 14.3. The Morgan fingerprint density at radius 2 is 1.86 bits per heavy atom. The second-order valence-corrected chi connectivity index (χ2v) is 10.7. The van der Waals surface area contributed by atoms with E-state index in [4.69, 9.17) is 15.9 Å². The first kappa shape index (κ1) is 31.1. The smallest absolute Gasteiger partial charge is 0.401 e. The fourth-order valence-corrected chi connectivity index (χ4v) is 5.72. The van der Waals surface area contributed by atoms with E-state index >= 15 is 0 Å². The van der Waals surface area contributed by atoms with Crippen molar-refractivity contribution in [2.45, 2.75) is 22.9 Å². The zero-order valence-corrected chi connectivity index (χ0v) is 24.0. The van der Waals surface area contributed by atoms with Gasteiger partial charge < -0.3 is 15.4 Å². The minimum Gasteiger partial charge on any atom is -0.496 e. The maximum absolute atomic E-state index is 14.3. The van der Waals surface area contributed by atoms with Crippen LogP contribution in [0.25, 0.3) is 0 Å². The topological polar surface area (TPSA) is 158 Å². The van der Waals surface area contributed by atoms with Gasteiger partial charge in [-0.25, -0.2) is 4.79 Å². The van der Waals surface area contributed by atoms with Crippen LogP contribution in [0, 0.1) is 22.7 Å². The van der Waals surface area contributed by atoms with E-state index in [1.807, 2.05) is 6.07 Å². The number of nitrogen functional groups attached to an aromatic ring is 1. The van der Waals surface area contributed by atoms with Crippen LogP contribution >= 0.6 is 11.8 Å². The standard InChI is InChI=1S/C28H26F3N7O4S/c1-36(2)27(41)37-13-19(21(25(37)40)28(29,30)31)22-18(12-32)26(43-14-15-8-10-16(11-9-15)23(33)34)38(35-22)24(39)17-6-4-5-7-20(17)42-3/h4-11,19,21H,13-14H2,1-3H3,(H3,33,34). The number of benzene rings is 2. The minimum absolute atomic E-state index is 0.0375. The Morgan fingerprint density at radius 3 is 2.42 bits per heavy atom. The van der Waals surface area contributed by atoms with Crippen molar-refractivity contribution < 1.29 is 32.3 Å². The van der Waals surface area contributed by atoms with Gasteiger partial charge in [0.15, 0.2) is 0 Å². The van der Waals surface area contributed by atoms with Crippen LogP contribution in [0.15, 0.2) is 53.6 Å². The fraction of sp³-hybridized carbons (Fsp3) is 0.286. The largest absolute Gasteiger partial charge is 0.496 e. The summed E-state index contributed by atoms with van der Waals surface area (Å²) in [4.78, 5) is 40.8. The lowest BCUT2D eigenvalue weighted by Crippen LogP contribution is -2.42. The number of ether oxygens (including phenoxy) is 1. The normalized spacial score (nSPS) is 16.6. The Kier molecular flexibility index (Phi) is 8.81. The molecule has 3 N–H and O–H groups in total. The number of rotatable bonds is 7. The summed E-state index contributed by atoms with van der Waals surface area (Å²) in [6.07, 6.45) is -5.07. The molecule has 2 heterocycles. The molecule has 3 aromatic rings. The van der Waals surface area contributed by atoms with Gasteiger partial charge >= 0.3 is 12.2 Å². The highest BCUT2D eigenvalue weighted by atomic mass is 32.2. The molecular formula is C28H26F3N7O4S. The van der Waals surface area contributed by atoms with Gasteiger partial charge in [-0.05, 0) is 17.7 Å².